The molecule has 1 aromatic heterocycles. The van der Waals surface area contributed by atoms with Gasteiger partial charge in [-0.1, -0.05) is 0 Å². The second kappa shape index (κ2) is 4.47. The minimum atomic E-state index is 0.704. The van der Waals surface area contributed by atoms with Crippen LogP contribution in [0.5, 0.6) is 0 Å². The first-order valence-corrected chi connectivity index (χ1v) is 7.27. The van der Waals surface area contributed by atoms with Gasteiger partial charge in [0, 0.05) is 31.2 Å². The van der Waals surface area contributed by atoms with Crippen molar-refractivity contribution in [1.82, 2.24) is 10.2 Å². The predicted octanol–water partition coefficient (Wildman–Crippen LogP) is 2.46. The van der Waals surface area contributed by atoms with Gasteiger partial charge in [-0.15, -0.1) is 0 Å². The maximum atomic E-state index is 3.69. The number of hydrogen-bond acceptors (Lipinski definition) is 3. The third kappa shape index (κ3) is 2.31. The highest BCUT2D eigenvalue weighted by Gasteiger charge is 2.38. The van der Waals surface area contributed by atoms with Gasteiger partial charge < -0.3 is 5.32 Å². The lowest BCUT2D eigenvalue weighted by molar-refractivity contribution is 0.255. The van der Waals surface area contributed by atoms with E-state index in [0.717, 1.165) is 18.6 Å². The largest absolute Gasteiger partial charge is 0.309 e. The van der Waals surface area contributed by atoms with Crippen LogP contribution in [-0.4, -0.2) is 29.6 Å². The van der Waals surface area contributed by atoms with Crippen molar-refractivity contribution in [3.05, 3.63) is 22.4 Å². The second-order valence-corrected chi connectivity index (χ2v) is 6.00. The van der Waals surface area contributed by atoms with E-state index >= 15 is 0 Å². The molecule has 2 heterocycles. The Kier molecular flexibility index (Phi) is 3.01. The lowest BCUT2D eigenvalue weighted by Gasteiger charge is -2.19. The van der Waals surface area contributed by atoms with Crippen LogP contribution in [0.1, 0.15) is 31.7 Å². The zero-order chi connectivity index (χ0) is 11.0. The Morgan fingerprint density at radius 3 is 3.06 bits per heavy atom. The van der Waals surface area contributed by atoms with Gasteiger partial charge in [0.05, 0.1) is 0 Å². The van der Waals surface area contributed by atoms with Crippen LogP contribution in [0.2, 0.25) is 0 Å². The fraction of sp³-hybridized carbons (Fsp3) is 0.692. The molecular weight excluding hydrogens is 216 g/mol. The summed E-state index contributed by atoms with van der Waals surface area (Å²) >= 11 is 1.79. The Hall–Kier alpha value is -0.380. The highest BCUT2D eigenvalue weighted by atomic mass is 32.1. The van der Waals surface area contributed by atoms with E-state index in [1.165, 1.54) is 31.4 Å². The van der Waals surface area contributed by atoms with Gasteiger partial charge in [0.1, 0.15) is 0 Å². The Morgan fingerprint density at radius 1 is 1.50 bits per heavy atom. The molecule has 0 bridgehead atoms. The molecule has 2 aliphatic rings. The van der Waals surface area contributed by atoms with Crippen molar-refractivity contribution < 1.29 is 0 Å². The number of thiophene rings is 1. The molecule has 88 valence electrons. The minimum absolute atomic E-state index is 0.704. The molecule has 2 fully saturated rings. The molecule has 1 aliphatic carbocycles. The Labute approximate surface area is 102 Å². The second-order valence-electron chi connectivity index (χ2n) is 5.22. The minimum Gasteiger partial charge on any atom is -0.309 e. The predicted molar refractivity (Wildman–Crippen MR) is 68.8 cm³/mol. The van der Waals surface area contributed by atoms with Crippen molar-refractivity contribution in [2.45, 2.75) is 50.9 Å². The summed E-state index contributed by atoms with van der Waals surface area (Å²) in [5.41, 5.74) is 1.43. The highest BCUT2D eigenvalue weighted by Crippen LogP contribution is 2.33. The summed E-state index contributed by atoms with van der Waals surface area (Å²) in [7, 11) is 0. The SMILES string of the molecule is CC1CC(NCc2ccsc2)CN1C1CC1. The summed E-state index contributed by atoms with van der Waals surface area (Å²) in [6.45, 7) is 4.68. The third-order valence-electron chi connectivity index (χ3n) is 3.81. The standard InChI is InChI=1S/C13H20N2S/c1-10-6-12(8-15(10)13-2-3-13)14-7-11-4-5-16-9-11/h4-5,9-10,12-14H,2-3,6-8H2,1H3. The summed E-state index contributed by atoms with van der Waals surface area (Å²) in [6, 6.07) is 4.63. The van der Waals surface area contributed by atoms with Crippen molar-refractivity contribution in [3.8, 4) is 0 Å². The lowest BCUT2D eigenvalue weighted by atomic mass is 10.2. The molecule has 2 nitrogen and oxygen atoms in total. The average Bonchev–Trinajstić information content (AvgIpc) is 2.85. The fourth-order valence-electron chi connectivity index (χ4n) is 2.77. The quantitative estimate of drug-likeness (QED) is 0.864. The molecule has 3 rings (SSSR count). The van der Waals surface area contributed by atoms with E-state index in [0.29, 0.717) is 6.04 Å². The average molecular weight is 236 g/mol. The Morgan fingerprint density at radius 2 is 2.38 bits per heavy atom. The zero-order valence-corrected chi connectivity index (χ0v) is 10.7. The maximum Gasteiger partial charge on any atom is 0.0216 e. The molecule has 1 aliphatic heterocycles. The molecule has 1 N–H and O–H groups in total. The first-order chi connectivity index (χ1) is 7.83. The number of rotatable bonds is 4. The van der Waals surface area contributed by atoms with Crippen LogP contribution in [-0.2, 0) is 6.54 Å². The van der Waals surface area contributed by atoms with Gasteiger partial charge in [-0.25, -0.2) is 0 Å². The first kappa shape index (κ1) is 10.8. The third-order valence-corrected chi connectivity index (χ3v) is 4.55. The molecule has 1 saturated carbocycles. The van der Waals surface area contributed by atoms with Crippen LogP contribution in [0, 0.1) is 0 Å². The fourth-order valence-corrected chi connectivity index (χ4v) is 3.44. The van der Waals surface area contributed by atoms with Crippen LogP contribution >= 0.6 is 11.3 Å². The summed E-state index contributed by atoms with van der Waals surface area (Å²) < 4.78 is 0. The Balaban J connectivity index is 1.49. The summed E-state index contributed by atoms with van der Waals surface area (Å²) in [5.74, 6) is 0. The normalized spacial score (nSPS) is 31.1. The lowest BCUT2D eigenvalue weighted by Crippen LogP contribution is -2.33. The summed E-state index contributed by atoms with van der Waals surface area (Å²) in [5, 5.41) is 8.09. The molecule has 2 atom stereocenters. The molecule has 3 heteroatoms. The van der Waals surface area contributed by atoms with Crippen LogP contribution in [0.15, 0.2) is 16.8 Å². The molecule has 0 spiro atoms. The van der Waals surface area contributed by atoms with E-state index in [1.807, 2.05) is 0 Å². The van der Waals surface area contributed by atoms with Gasteiger partial charge in [-0.05, 0) is 48.6 Å². The summed E-state index contributed by atoms with van der Waals surface area (Å²) in [6.07, 6.45) is 4.18. The van der Waals surface area contributed by atoms with Gasteiger partial charge in [0.25, 0.3) is 0 Å². The molecule has 1 saturated heterocycles. The number of nitrogens with one attached hydrogen (secondary N) is 1. The van der Waals surface area contributed by atoms with Crippen LogP contribution in [0.3, 0.4) is 0 Å². The van der Waals surface area contributed by atoms with Gasteiger partial charge in [-0.2, -0.15) is 11.3 Å². The van der Waals surface area contributed by atoms with Crippen molar-refractivity contribution in [2.75, 3.05) is 6.54 Å². The first-order valence-electron chi connectivity index (χ1n) is 6.33. The Bertz CT molecular complexity index is 332. The van der Waals surface area contributed by atoms with Crippen molar-refractivity contribution in [2.24, 2.45) is 0 Å². The topological polar surface area (TPSA) is 15.3 Å². The van der Waals surface area contributed by atoms with E-state index in [1.54, 1.807) is 11.3 Å². The van der Waals surface area contributed by atoms with Gasteiger partial charge in [0.2, 0.25) is 0 Å². The van der Waals surface area contributed by atoms with E-state index in [4.69, 9.17) is 0 Å². The van der Waals surface area contributed by atoms with E-state index in [9.17, 15) is 0 Å². The highest BCUT2D eigenvalue weighted by molar-refractivity contribution is 7.07. The molecule has 0 amide bonds. The van der Waals surface area contributed by atoms with E-state index in [2.05, 4.69) is 34.0 Å². The van der Waals surface area contributed by atoms with Crippen molar-refractivity contribution in [3.63, 3.8) is 0 Å². The molecular formula is C13H20N2S. The molecule has 2 unspecified atom stereocenters. The monoisotopic (exact) mass is 236 g/mol. The summed E-state index contributed by atoms with van der Waals surface area (Å²) in [4.78, 5) is 2.70. The molecule has 0 radical (unpaired) electrons. The van der Waals surface area contributed by atoms with Gasteiger partial charge in [-0.3, -0.25) is 4.90 Å². The number of hydrogen-bond donors (Lipinski definition) is 1. The molecule has 0 aromatic carbocycles. The van der Waals surface area contributed by atoms with E-state index < -0.39 is 0 Å². The zero-order valence-electron chi connectivity index (χ0n) is 9.86. The van der Waals surface area contributed by atoms with Gasteiger partial charge in [0.15, 0.2) is 0 Å². The smallest absolute Gasteiger partial charge is 0.0216 e. The number of likely N-dealkylation sites (tertiary alicyclic amines) is 1. The van der Waals surface area contributed by atoms with E-state index in [-0.39, 0.29) is 0 Å². The number of nitrogens with zero attached hydrogens (tertiary/aromatic N) is 1. The molecule has 16 heavy (non-hydrogen) atoms. The maximum absolute atomic E-state index is 3.69. The van der Waals surface area contributed by atoms with Crippen LogP contribution < -0.4 is 5.32 Å². The van der Waals surface area contributed by atoms with Crippen molar-refractivity contribution >= 4 is 11.3 Å². The van der Waals surface area contributed by atoms with Crippen LogP contribution in [0.25, 0.3) is 0 Å². The van der Waals surface area contributed by atoms with Crippen molar-refractivity contribution in [1.29, 1.82) is 0 Å². The molecule has 1 aromatic rings. The van der Waals surface area contributed by atoms with Crippen LogP contribution in [0.4, 0.5) is 0 Å². The van der Waals surface area contributed by atoms with Gasteiger partial charge >= 0.3 is 0 Å².